The minimum atomic E-state index is -3.11. The van der Waals surface area contributed by atoms with Gasteiger partial charge in [-0.2, -0.15) is 0 Å². The third kappa shape index (κ3) is 4.25. The van der Waals surface area contributed by atoms with Gasteiger partial charge >= 0.3 is 0 Å². The molecular weight excluding hydrogens is 397 g/mol. The minimum absolute atomic E-state index is 0.0347. The Hall–Kier alpha value is -3.39. The highest BCUT2D eigenvalue weighted by Gasteiger charge is 2.17. The minimum Gasteiger partial charge on any atom is -0.354 e. The second-order valence-corrected chi connectivity index (χ2v) is 7.20. The summed E-state index contributed by atoms with van der Waals surface area (Å²) in [6, 6.07) is 6.44. The normalized spacial score (nSPS) is 17.7. The molecule has 0 bridgehead atoms. The molecule has 7 nitrogen and oxygen atoms in total. The molecule has 2 N–H and O–H groups in total. The van der Waals surface area contributed by atoms with E-state index in [0.717, 1.165) is 11.1 Å². The van der Waals surface area contributed by atoms with Gasteiger partial charge in [0.2, 0.25) is 0 Å². The quantitative estimate of drug-likeness (QED) is 0.655. The number of halogens is 1. The van der Waals surface area contributed by atoms with Crippen LogP contribution in [-0.2, 0) is 12.9 Å². The lowest BCUT2D eigenvalue weighted by atomic mass is 10.0. The number of carbonyl (C=O) groups excluding carboxylic acids is 1. The van der Waals surface area contributed by atoms with E-state index < -0.39 is 30.3 Å². The smallest absolute Gasteiger partial charge is 0.270 e. The molecule has 0 aliphatic carbocycles. The number of pyridine rings is 1. The summed E-state index contributed by atoms with van der Waals surface area (Å²) < 4.78 is 53.0. The predicted octanol–water partition coefficient (Wildman–Crippen LogP) is 2.67. The van der Waals surface area contributed by atoms with Crippen molar-refractivity contribution in [2.24, 2.45) is 0 Å². The lowest BCUT2D eigenvalue weighted by Crippen LogP contribution is -2.28. The molecule has 0 unspecified atom stereocenters. The van der Waals surface area contributed by atoms with Crippen LogP contribution in [0.2, 0.25) is 0 Å². The van der Waals surface area contributed by atoms with Crippen molar-refractivity contribution in [2.45, 2.75) is 26.2 Å². The molecule has 2 aromatic heterocycles. The van der Waals surface area contributed by atoms with Crippen LogP contribution in [0.1, 0.15) is 47.4 Å². The van der Waals surface area contributed by atoms with Gasteiger partial charge in [0.05, 0.1) is 5.52 Å². The maximum absolute atomic E-state index is 15.2. The van der Waals surface area contributed by atoms with Crippen molar-refractivity contribution < 1.29 is 16.0 Å². The fraction of sp³-hybridized carbons (Fsp3) is 0.304. The Bertz CT molecular complexity index is 1400. The van der Waals surface area contributed by atoms with Crippen molar-refractivity contribution in [3.63, 3.8) is 0 Å². The standard InChI is InChI=1S/C23H24FN5O2/c1-3-17-23(31)28-21-18(27-17)6-5-16(20(21)24)13-29-10-8-14(9-11-29)15-4-7-19(26-12-15)22(30)25-2/h4-8,12H,3,9-11,13H2,1-2H3,(H,25,30)(H,28,31)/i1D3,3D2. The first-order chi connectivity index (χ1) is 16.9. The molecule has 4 rings (SSSR count). The van der Waals surface area contributed by atoms with E-state index in [0.29, 0.717) is 30.8 Å². The highest BCUT2D eigenvalue weighted by Crippen LogP contribution is 2.24. The van der Waals surface area contributed by atoms with Crippen LogP contribution in [0.25, 0.3) is 16.6 Å². The van der Waals surface area contributed by atoms with E-state index in [4.69, 9.17) is 6.85 Å². The van der Waals surface area contributed by atoms with E-state index in [1.165, 1.54) is 12.1 Å². The molecular formula is C23H24FN5O2. The molecule has 0 fully saturated rings. The number of fused-ring (bicyclic) bond motifs is 1. The summed E-state index contributed by atoms with van der Waals surface area (Å²) >= 11 is 0. The molecule has 1 aliphatic heterocycles. The Labute approximate surface area is 186 Å². The molecule has 8 heteroatoms. The zero-order valence-electron chi connectivity index (χ0n) is 21.8. The number of amides is 1. The van der Waals surface area contributed by atoms with Crippen molar-refractivity contribution in [3.05, 3.63) is 75.2 Å². The summed E-state index contributed by atoms with van der Waals surface area (Å²) in [7, 11) is 1.54. The van der Waals surface area contributed by atoms with Crippen LogP contribution >= 0.6 is 0 Å². The highest BCUT2D eigenvalue weighted by atomic mass is 19.1. The van der Waals surface area contributed by atoms with Gasteiger partial charge in [0, 0.05) is 45.3 Å². The van der Waals surface area contributed by atoms with E-state index in [2.05, 4.69) is 20.3 Å². The van der Waals surface area contributed by atoms with Gasteiger partial charge in [0.1, 0.15) is 16.9 Å². The van der Waals surface area contributed by atoms with E-state index in [1.807, 2.05) is 17.0 Å². The molecule has 1 aliphatic rings. The van der Waals surface area contributed by atoms with Gasteiger partial charge < -0.3 is 10.3 Å². The van der Waals surface area contributed by atoms with Crippen molar-refractivity contribution in [3.8, 4) is 0 Å². The van der Waals surface area contributed by atoms with Gasteiger partial charge in [-0.25, -0.2) is 9.37 Å². The van der Waals surface area contributed by atoms with Gasteiger partial charge in [-0.15, -0.1) is 0 Å². The van der Waals surface area contributed by atoms with Gasteiger partial charge in [-0.1, -0.05) is 25.1 Å². The summed E-state index contributed by atoms with van der Waals surface area (Å²) in [4.78, 5) is 36.4. The van der Waals surface area contributed by atoms with E-state index in [1.54, 1.807) is 19.3 Å². The molecule has 1 amide bonds. The van der Waals surface area contributed by atoms with Crippen LogP contribution in [0, 0.1) is 5.82 Å². The number of aromatic amines is 1. The van der Waals surface area contributed by atoms with E-state index in [9.17, 15) is 9.59 Å². The summed E-state index contributed by atoms with van der Waals surface area (Å²) in [5.41, 5.74) is 0.516. The lowest BCUT2D eigenvalue weighted by molar-refractivity contribution is 0.0958. The molecule has 1 aromatic carbocycles. The first kappa shape index (κ1) is 15.4. The van der Waals surface area contributed by atoms with Crippen LogP contribution in [-0.4, -0.2) is 45.9 Å². The SMILES string of the molecule is [2H]C([2H])([2H])C([2H])([2H])c1nc2ccc(CN3CC=C(c4ccc(C(=O)NC)nc4)CC3)c(F)c2[nH]c1=O. The maximum Gasteiger partial charge on any atom is 0.270 e. The van der Waals surface area contributed by atoms with Gasteiger partial charge in [0.15, 0.2) is 5.82 Å². The molecule has 160 valence electrons. The number of nitrogens with one attached hydrogen (secondary N) is 2. The molecule has 0 radical (unpaired) electrons. The Morgan fingerprint density at radius 2 is 2.26 bits per heavy atom. The zero-order chi connectivity index (χ0) is 26.3. The molecule has 0 saturated heterocycles. The van der Waals surface area contributed by atoms with E-state index in [-0.39, 0.29) is 23.5 Å². The Kier molecular flexibility index (Phi) is 4.36. The van der Waals surface area contributed by atoms with E-state index >= 15 is 4.39 Å². The number of hydrogen-bond donors (Lipinski definition) is 2. The lowest BCUT2D eigenvalue weighted by Gasteiger charge is -2.26. The molecule has 0 spiro atoms. The van der Waals surface area contributed by atoms with Crippen LogP contribution in [0.15, 0.2) is 41.3 Å². The van der Waals surface area contributed by atoms with Crippen molar-refractivity contribution in [2.75, 3.05) is 20.1 Å². The Balaban J connectivity index is 1.52. The average Bonchev–Trinajstić information content (AvgIpc) is 2.85. The second kappa shape index (κ2) is 8.77. The highest BCUT2D eigenvalue weighted by molar-refractivity contribution is 5.92. The molecule has 3 heterocycles. The largest absolute Gasteiger partial charge is 0.354 e. The molecule has 0 saturated carbocycles. The fourth-order valence-corrected chi connectivity index (χ4v) is 3.58. The van der Waals surface area contributed by atoms with Gasteiger partial charge in [-0.3, -0.25) is 19.5 Å². The Morgan fingerprint density at radius 3 is 2.94 bits per heavy atom. The summed E-state index contributed by atoms with van der Waals surface area (Å²) in [5.74, 6) is -0.951. The van der Waals surface area contributed by atoms with Crippen LogP contribution in [0.4, 0.5) is 4.39 Å². The zero-order valence-corrected chi connectivity index (χ0v) is 16.8. The maximum atomic E-state index is 15.2. The number of rotatable bonds is 5. The van der Waals surface area contributed by atoms with Crippen molar-refractivity contribution in [1.29, 1.82) is 0 Å². The molecule has 0 atom stereocenters. The van der Waals surface area contributed by atoms with Crippen molar-refractivity contribution >= 4 is 22.5 Å². The summed E-state index contributed by atoms with van der Waals surface area (Å²) in [6.45, 7) is -1.65. The third-order valence-electron chi connectivity index (χ3n) is 5.29. The molecule has 3 aromatic rings. The number of carbonyl (C=O) groups is 1. The van der Waals surface area contributed by atoms with Crippen LogP contribution in [0.3, 0.4) is 0 Å². The second-order valence-electron chi connectivity index (χ2n) is 7.20. The summed E-state index contributed by atoms with van der Waals surface area (Å²) in [5, 5.41) is 2.53. The van der Waals surface area contributed by atoms with Gasteiger partial charge in [-0.05, 0) is 36.1 Å². The molecule has 31 heavy (non-hydrogen) atoms. The number of aryl methyl sites for hydroxylation is 1. The number of hydrogen-bond acceptors (Lipinski definition) is 5. The summed E-state index contributed by atoms with van der Waals surface area (Å²) in [6.07, 6.45) is 1.38. The number of nitrogens with zero attached hydrogens (tertiary/aromatic N) is 3. The average molecular weight is 427 g/mol. The monoisotopic (exact) mass is 426 g/mol. The van der Waals surface area contributed by atoms with Crippen molar-refractivity contribution in [1.82, 2.24) is 25.2 Å². The number of benzene rings is 1. The topological polar surface area (TPSA) is 91.0 Å². The fourth-order valence-electron chi connectivity index (χ4n) is 3.58. The van der Waals surface area contributed by atoms with Crippen LogP contribution < -0.4 is 10.9 Å². The number of aromatic nitrogens is 3. The Morgan fingerprint density at radius 1 is 1.39 bits per heavy atom. The van der Waals surface area contributed by atoms with Crippen LogP contribution in [0.5, 0.6) is 0 Å². The van der Waals surface area contributed by atoms with Gasteiger partial charge in [0.25, 0.3) is 11.5 Å². The predicted molar refractivity (Wildman–Crippen MR) is 117 cm³/mol. The number of H-pyrrole nitrogens is 1. The third-order valence-corrected chi connectivity index (χ3v) is 5.29. The first-order valence-corrected chi connectivity index (χ1v) is 9.74. The first-order valence-electron chi connectivity index (χ1n) is 12.2.